The van der Waals surface area contributed by atoms with Crippen LogP contribution in [0.3, 0.4) is 0 Å². The Bertz CT molecular complexity index is 1340. The molecule has 8 nitrogen and oxygen atoms in total. The van der Waals surface area contributed by atoms with Crippen molar-refractivity contribution in [3.05, 3.63) is 140 Å². The van der Waals surface area contributed by atoms with Gasteiger partial charge in [0.15, 0.2) is 11.6 Å². The minimum Gasteiger partial charge on any atom is -0.289 e. The molecule has 0 heterocycles. The van der Waals surface area contributed by atoms with Gasteiger partial charge in [-0.25, -0.2) is 0 Å². The summed E-state index contributed by atoms with van der Waals surface area (Å²) in [5.74, 6) is -0.622. The SMILES string of the molecule is O=C(c1ccc(Sc2ccc(C(=O)c3cccc([N+](=O)[O-])c3)cc2)cc1)c1cccc([N+](=O)[O-])c1. The number of carbonyl (C=O) groups excluding carboxylic acids is 2. The van der Waals surface area contributed by atoms with E-state index in [9.17, 15) is 29.8 Å². The van der Waals surface area contributed by atoms with Crippen molar-refractivity contribution in [1.82, 2.24) is 0 Å². The molecule has 4 rings (SSSR count). The van der Waals surface area contributed by atoms with E-state index < -0.39 is 9.85 Å². The molecular formula is C26H16N2O6S. The molecule has 0 atom stereocenters. The number of hydrogen-bond donors (Lipinski definition) is 0. The minimum atomic E-state index is -0.543. The van der Waals surface area contributed by atoms with E-state index in [-0.39, 0.29) is 34.1 Å². The van der Waals surface area contributed by atoms with Crippen LogP contribution in [0, 0.1) is 20.2 Å². The fourth-order valence-corrected chi connectivity index (χ4v) is 4.16. The van der Waals surface area contributed by atoms with Crippen molar-refractivity contribution in [1.29, 1.82) is 0 Å². The molecule has 172 valence electrons. The summed E-state index contributed by atoms with van der Waals surface area (Å²) < 4.78 is 0. The number of hydrogen-bond acceptors (Lipinski definition) is 7. The zero-order chi connectivity index (χ0) is 24.9. The lowest BCUT2D eigenvalue weighted by Crippen LogP contribution is -2.02. The number of rotatable bonds is 8. The van der Waals surface area contributed by atoms with Crippen LogP contribution in [-0.4, -0.2) is 21.4 Å². The smallest absolute Gasteiger partial charge is 0.270 e. The maximum atomic E-state index is 12.7. The van der Waals surface area contributed by atoms with Gasteiger partial charge in [-0.05, 0) is 48.5 Å². The van der Waals surface area contributed by atoms with Crippen molar-refractivity contribution in [3.8, 4) is 0 Å². The summed E-state index contributed by atoms with van der Waals surface area (Å²) in [6.07, 6.45) is 0. The van der Waals surface area contributed by atoms with Crippen LogP contribution in [0.1, 0.15) is 31.8 Å². The van der Waals surface area contributed by atoms with E-state index in [1.54, 1.807) is 48.5 Å². The van der Waals surface area contributed by atoms with E-state index in [1.165, 1.54) is 60.3 Å². The molecule has 0 fully saturated rings. The second-order valence-electron chi connectivity index (χ2n) is 7.42. The molecule has 0 aliphatic heterocycles. The molecule has 35 heavy (non-hydrogen) atoms. The summed E-state index contributed by atoms with van der Waals surface area (Å²) in [4.78, 5) is 47.9. The quantitative estimate of drug-likeness (QED) is 0.168. The van der Waals surface area contributed by atoms with Crippen molar-refractivity contribution in [3.63, 3.8) is 0 Å². The Morgan fingerprint density at radius 2 is 0.914 bits per heavy atom. The highest BCUT2D eigenvalue weighted by atomic mass is 32.2. The lowest BCUT2D eigenvalue weighted by Gasteiger charge is -2.06. The van der Waals surface area contributed by atoms with Crippen LogP contribution in [0.4, 0.5) is 11.4 Å². The number of benzene rings is 4. The fraction of sp³-hybridized carbons (Fsp3) is 0. The molecule has 0 saturated carbocycles. The number of non-ortho nitro benzene ring substituents is 2. The van der Waals surface area contributed by atoms with Gasteiger partial charge >= 0.3 is 0 Å². The molecule has 4 aromatic rings. The van der Waals surface area contributed by atoms with Crippen LogP contribution in [0.5, 0.6) is 0 Å². The average Bonchev–Trinajstić information content (AvgIpc) is 2.89. The molecule has 9 heteroatoms. The van der Waals surface area contributed by atoms with Crippen molar-refractivity contribution in [2.45, 2.75) is 9.79 Å². The fourth-order valence-electron chi connectivity index (χ4n) is 3.34. The van der Waals surface area contributed by atoms with Gasteiger partial charge in [0.1, 0.15) is 0 Å². The average molecular weight is 484 g/mol. The molecule has 0 spiro atoms. The molecular weight excluding hydrogens is 468 g/mol. The summed E-state index contributed by atoms with van der Waals surface area (Å²) in [6.45, 7) is 0. The van der Waals surface area contributed by atoms with Crippen LogP contribution >= 0.6 is 11.8 Å². The van der Waals surface area contributed by atoms with Gasteiger partial charge in [-0.3, -0.25) is 29.8 Å². The van der Waals surface area contributed by atoms with Gasteiger partial charge in [-0.1, -0.05) is 36.0 Å². The van der Waals surface area contributed by atoms with Gasteiger partial charge in [0.25, 0.3) is 11.4 Å². The van der Waals surface area contributed by atoms with Crippen LogP contribution < -0.4 is 0 Å². The van der Waals surface area contributed by atoms with Gasteiger partial charge in [-0.2, -0.15) is 0 Å². The van der Waals surface area contributed by atoms with Crippen LogP contribution in [0.15, 0.2) is 107 Å². The highest BCUT2D eigenvalue weighted by molar-refractivity contribution is 7.99. The molecule has 4 aromatic carbocycles. The van der Waals surface area contributed by atoms with Crippen molar-refractivity contribution in [2.24, 2.45) is 0 Å². The third-order valence-corrected chi connectivity index (χ3v) is 6.12. The Hall–Kier alpha value is -4.63. The van der Waals surface area contributed by atoms with Gasteiger partial charge in [0.2, 0.25) is 0 Å². The van der Waals surface area contributed by atoms with Gasteiger partial charge in [-0.15, -0.1) is 0 Å². The predicted molar refractivity (Wildman–Crippen MR) is 130 cm³/mol. The first-order valence-electron chi connectivity index (χ1n) is 10.3. The Morgan fingerprint density at radius 3 is 1.26 bits per heavy atom. The second-order valence-corrected chi connectivity index (χ2v) is 8.57. The Labute approximate surface area is 203 Å². The maximum absolute atomic E-state index is 12.7. The van der Waals surface area contributed by atoms with Crippen LogP contribution in [0.25, 0.3) is 0 Å². The standard InChI is InChI=1S/C26H16N2O6S/c29-25(19-3-1-5-21(15-19)27(31)32)17-7-11-23(12-8-17)35-24-13-9-18(10-14-24)26(30)20-4-2-6-22(16-20)28(33)34/h1-16H. The lowest BCUT2D eigenvalue weighted by atomic mass is 10.0. The summed E-state index contributed by atoms with van der Waals surface area (Å²) in [5.41, 5.74) is 1.01. The van der Waals surface area contributed by atoms with Crippen LogP contribution in [-0.2, 0) is 0 Å². The van der Waals surface area contributed by atoms with Crippen LogP contribution in [0.2, 0.25) is 0 Å². The normalized spacial score (nSPS) is 10.5. The Morgan fingerprint density at radius 1 is 0.543 bits per heavy atom. The first-order valence-corrected chi connectivity index (χ1v) is 11.1. The Kier molecular flexibility index (Phi) is 6.79. The predicted octanol–water partition coefficient (Wildman–Crippen LogP) is 6.12. The number of ketones is 2. The summed E-state index contributed by atoms with van der Waals surface area (Å²) in [6, 6.07) is 24.9. The largest absolute Gasteiger partial charge is 0.289 e. The maximum Gasteiger partial charge on any atom is 0.270 e. The Balaban J connectivity index is 1.45. The number of nitro benzene ring substituents is 2. The zero-order valence-electron chi connectivity index (χ0n) is 18.0. The second kappa shape index (κ2) is 10.1. The molecule has 0 N–H and O–H groups in total. The number of nitro groups is 2. The topological polar surface area (TPSA) is 120 Å². The van der Waals surface area contributed by atoms with E-state index in [0.717, 1.165) is 9.79 Å². The van der Waals surface area contributed by atoms with Crippen molar-refractivity contribution >= 4 is 34.7 Å². The summed E-state index contributed by atoms with van der Waals surface area (Å²) >= 11 is 1.43. The van der Waals surface area contributed by atoms with E-state index in [1.807, 2.05) is 0 Å². The molecule has 0 amide bonds. The third-order valence-electron chi connectivity index (χ3n) is 5.11. The summed E-state index contributed by atoms with van der Waals surface area (Å²) in [5, 5.41) is 21.9. The molecule has 0 unspecified atom stereocenters. The molecule has 0 aliphatic rings. The number of carbonyl (C=O) groups is 2. The first-order chi connectivity index (χ1) is 16.8. The van der Waals surface area contributed by atoms with Gasteiger partial charge in [0, 0.05) is 56.3 Å². The highest BCUT2D eigenvalue weighted by Gasteiger charge is 2.15. The molecule has 0 aromatic heterocycles. The zero-order valence-corrected chi connectivity index (χ0v) is 18.8. The number of nitrogens with zero attached hydrogens (tertiary/aromatic N) is 2. The molecule has 0 saturated heterocycles. The molecule has 0 aliphatic carbocycles. The van der Waals surface area contributed by atoms with Crippen molar-refractivity contribution < 1.29 is 19.4 Å². The molecule has 0 bridgehead atoms. The monoisotopic (exact) mass is 484 g/mol. The van der Waals surface area contributed by atoms with Gasteiger partial charge in [0.05, 0.1) is 9.85 Å². The highest BCUT2D eigenvalue weighted by Crippen LogP contribution is 2.29. The van der Waals surface area contributed by atoms with Gasteiger partial charge < -0.3 is 0 Å². The van der Waals surface area contributed by atoms with E-state index >= 15 is 0 Å². The third kappa shape index (κ3) is 5.48. The van der Waals surface area contributed by atoms with Crippen molar-refractivity contribution in [2.75, 3.05) is 0 Å². The molecule has 0 radical (unpaired) electrons. The van der Waals surface area contributed by atoms with E-state index in [4.69, 9.17) is 0 Å². The first kappa shape index (κ1) is 23.5. The minimum absolute atomic E-state index is 0.143. The lowest BCUT2D eigenvalue weighted by molar-refractivity contribution is -0.385. The summed E-state index contributed by atoms with van der Waals surface area (Å²) in [7, 11) is 0. The van der Waals surface area contributed by atoms with E-state index in [0.29, 0.717) is 11.1 Å². The van der Waals surface area contributed by atoms with E-state index in [2.05, 4.69) is 0 Å².